The maximum Gasteiger partial charge on any atom is 0.416 e. The van der Waals surface area contributed by atoms with Crippen molar-refractivity contribution in [3.63, 3.8) is 0 Å². The predicted molar refractivity (Wildman–Crippen MR) is 81.6 cm³/mol. The molecule has 2 rings (SSSR count). The Hall–Kier alpha value is -2.18. The van der Waals surface area contributed by atoms with Gasteiger partial charge in [0.15, 0.2) is 0 Å². The van der Waals surface area contributed by atoms with Gasteiger partial charge in [0.05, 0.1) is 23.6 Å². The first-order valence-corrected chi connectivity index (χ1v) is 7.19. The van der Waals surface area contributed by atoms with E-state index in [2.05, 4.69) is 15.3 Å². The van der Waals surface area contributed by atoms with Crippen molar-refractivity contribution in [2.75, 3.05) is 5.32 Å². The number of rotatable bonds is 3. The minimum Gasteiger partial charge on any atom is -0.376 e. The average Bonchev–Trinajstić information content (AvgIpc) is 2.50. The molecule has 0 bridgehead atoms. The SMILES string of the molecule is CC.Cc1ncc(NC(C)c2ccc(F)cc2C(F)(F)F)cn1. The van der Waals surface area contributed by atoms with Crippen LogP contribution in [0.3, 0.4) is 0 Å². The Balaban J connectivity index is 0.00000127. The summed E-state index contributed by atoms with van der Waals surface area (Å²) < 4.78 is 52.0. The summed E-state index contributed by atoms with van der Waals surface area (Å²) in [6.07, 6.45) is -1.65. The first-order valence-electron chi connectivity index (χ1n) is 7.19. The van der Waals surface area contributed by atoms with Crippen molar-refractivity contribution in [2.45, 2.75) is 39.9 Å². The van der Waals surface area contributed by atoms with Crippen LogP contribution in [0.5, 0.6) is 0 Å². The number of aryl methyl sites for hydroxylation is 1. The monoisotopic (exact) mass is 329 g/mol. The van der Waals surface area contributed by atoms with Crippen molar-refractivity contribution in [1.29, 1.82) is 0 Å². The lowest BCUT2D eigenvalue weighted by Crippen LogP contribution is -2.16. The highest BCUT2D eigenvalue weighted by Gasteiger charge is 2.35. The van der Waals surface area contributed by atoms with E-state index in [4.69, 9.17) is 0 Å². The van der Waals surface area contributed by atoms with Crippen molar-refractivity contribution in [2.24, 2.45) is 0 Å². The van der Waals surface area contributed by atoms with Crippen molar-refractivity contribution < 1.29 is 17.6 Å². The van der Waals surface area contributed by atoms with E-state index in [0.717, 1.165) is 12.1 Å². The van der Waals surface area contributed by atoms with Gasteiger partial charge in [-0.05, 0) is 31.5 Å². The summed E-state index contributed by atoms with van der Waals surface area (Å²) in [7, 11) is 0. The molecule has 0 radical (unpaired) electrons. The van der Waals surface area contributed by atoms with Crippen LogP contribution >= 0.6 is 0 Å². The van der Waals surface area contributed by atoms with Gasteiger partial charge in [-0.3, -0.25) is 0 Å². The van der Waals surface area contributed by atoms with Crippen LogP contribution in [0.25, 0.3) is 0 Å². The summed E-state index contributed by atoms with van der Waals surface area (Å²) in [5.74, 6) is -0.358. The molecule has 0 aliphatic carbocycles. The summed E-state index contributed by atoms with van der Waals surface area (Å²) in [4.78, 5) is 7.91. The molecule has 7 heteroatoms. The molecule has 23 heavy (non-hydrogen) atoms. The molecule has 0 spiro atoms. The maximum atomic E-state index is 13.1. The number of hydrogen-bond acceptors (Lipinski definition) is 3. The summed E-state index contributed by atoms with van der Waals surface area (Å²) >= 11 is 0. The third-order valence-electron chi connectivity index (χ3n) is 2.95. The third kappa shape index (κ3) is 5.19. The van der Waals surface area contributed by atoms with E-state index in [0.29, 0.717) is 17.6 Å². The highest BCUT2D eigenvalue weighted by Crippen LogP contribution is 2.35. The zero-order valence-corrected chi connectivity index (χ0v) is 13.4. The predicted octanol–water partition coefficient (Wildman–Crippen LogP) is 5.14. The van der Waals surface area contributed by atoms with Gasteiger partial charge in [0.1, 0.15) is 11.6 Å². The van der Waals surface area contributed by atoms with Crippen LogP contribution in [-0.2, 0) is 6.18 Å². The first-order chi connectivity index (χ1) is 10.8. The Morgan fingerprint density at radius 2 is 1.65 bits per heavy atom. The van der Waals surface area contributed by atoms with Gasteiger partial charge in [-0.2, -0.15) is 13.2 Å². The van der Waals surface area contributed by atoms with Crippen LogP contribution in [-0.4, -0.2) is 9.97 Å². The molecule has 1 N–H and O–H groups in total. The molecule has 0 saturated carbocycles. The number of anilines is 1. The van der Waals surface area contributed by atoms with E-state index in [-0.39, 0.29) is 5.56 Å². The van der Waals surface area contributed by atoms with E-state index >= 15 is 0 Å². The van der Waals surface area contributed by atoms with Crippen molar-refractivity contribution in [1.82, 2.24) is 9.97 Å². The Labute approximate surface area is 132 Å². The number of nitrogens with zero attached hydrogens (tertiary/aromatic N) is 2. The van der Waals surface area contributed by atoms with Gasteiger partial charge in [0, 0.05) is 6.04 Å². The minimum absolute atomic E-state index is 0.0375. The van der Waals surface area contributed by atoms with Gasteiger partial charge in [-0.15, -0.1) is 0 Å². The lowest BCUT2D eigenvalue weighted by Gasteiger charge is -2.20. The number of benzene rings is 1. The zero-order valence-electron chi connectivity index (χ0n) is 13.4. The molecule has 0 fully saturated rings. The minimum atomic E-state index is -4.61. The topological polar surface area (TPSA) is 37.8 Å². The lowest BCUT2D eigenvalue weighted by atomic mass is 10.0. The molecular formula is C16H19F4N3. The van der Waals surface area contributed by atoms with Crippen molar-refractivity contribution in [3.05, 3.63) is 53.4 Å². The summed E-state index contributed by atoms with van der Waals surface area (Å²) in [6, 6.07) is 1.96. The number of nitrogens with one attached hydrogen (secondary N) is 1. The van der Waals surface area contributed by atoms with Crippen LogP contribution < -0.4 is 5.32 Å². The van der Waals surface area contributed by atoms with E-state index in [1.807, 2.05) is 13.8 Å². The second-order valence-corrected chi connectivity index (χ2v) is 4.61. The fourth-order valence-electron chi connectivity index (χ4n) is 1.95. The van der Waals surface area contributed by atoms with Crippen LogP contribution in [0.4, 0.5) is 23.2 Å². The fraction of sp³-hybridized carbons (Fsp3) is 0.375. The van der Waals surface area contributed by atoms with Gasteiger partial charge in [-0.1, -0.05) is 19.9 Å². The Morgan fingerprint density at radius 1 is 1.09 bits per heavy atom. The smallest absolute Gasteiger partial charge is 0.376 e. The normalized spacial score (nSPS) is 12.2. The number of hydrogen-bond donors (Lipinski definition) is 1. The van der Waals surface area contributed by atoms with Gasteiger partial charge in [0.25, 0.3) is 0 Å². The molecule has 126 valence electrons. The molecule has 1 heterocycles. The van der Waals surface area contributed by atoms with Crippen molar-refractivity contribution >= 4 is 5.69 Å². The largest absolute Gasteiger partial charge is 0.416 e. The molecule has 0 amide bonds. The average molecular weight is 329 g/mol. The van der Waals surface area contributed by atoms with Gasteiger partial charge in [0.2, 0.25) is 0 Å². The molecule has 1 unspecified atom stereocenters. The summed E-state index contributed by atoms with van der Waals surface area (Å²) in [5.41, 5.74) is -0.537. The quantitative estimate of drug-likeness (QED) is 0.792. The highest BCUT2D eigenvalue weighted by atomic mass is 19.4. The Morgan fingerprint density at radius 3 is 2.17 bits per heavy atom. The van der Waals surface area contributed by atoms with E-state index in [1.165, 1.54) is 12.4 Å². The van der Waals surface area contributed by atoms with Gasteiger partial charge in [-0.25, -0.2) is 14.4 Å². The second-order valence-electron chi connectivity index (χ2n) is 4.61. The van der Waals surface area contributed by atoms with Crippen LogP contribution in [0.2, 0.25) is 0 Å². The molecular weight excluding hydrogens is 310 g/mol. The maximum absolute atomic E-state index is 13.1. The van der Waals surface area contributed by atoms with Gasteiger partial charge >= 0.3 is 6.18 Å². The Kier molecular flexibility index (Phi) is 6.48. The number of aromatic nitrogens is 2. The number of alkyl halides is 3. The molecule has 1 atom stereocenters. The molecule has 0 aliphatic rings. The second kappa shape index (κ2) is 7.89. The van der Waals surface area contributed by atoms with E-state index < -0.39 is 23.6 Å². The van der Waals surface area contributed by atoms with Gasteiger partial charge < -0.3 is 5.32 Å². The Bertz CT molecular complexity index is 624. The summed E-state index contributed by atoms with van der Waals surface area (Å²) in [5, 5.41) is 2.87. The van der Waals surface area contributed by atoms with Crippen LogP contribution in [0.15, 0.2) is 30.6 Å². The summed E-state index contributed by atoms with van der Waals surface area (Å²) in [6.45, 7) is 7.26. The lowest BCUT2D eigenvalue weighted by molar-refractivity contribution is -0.138. The van der Waals surface area contributed by atoms with E-state index in [1.54, 1.807) is 13.8 Å². The van der Waals surface area contributed by atoms with Crippen LogP contribution in [0.1, 0.15) is 43.8 Å². The first kappa shape index (κ1) is 18.9. The highest BCUT2D eigenvalue weighted by molar-refractivity contribution is 5.43. The molecule has 0 saturated heterocycles. The third-order valence-corrected chi connectivity index (χ3v) is 2.95. The fourth-order valence-corrected chi connectivity index (χ4v) is 1.95. The number of halogens is 4. The molecule has 3 nitrogen and oxygen atoms in total. The molecule has 1 aromatic heterocycles. The molecule has 1 aromatic carbocycles. The van der Waals surface area contributed by atoms with E-state index in [9.17, 15) is 17.6 Å². The van der Waals surface area contributed by atoms with Crippen LogP contribution in [0, 0.1) is 12.7 Å². The molecule has 2 aromatic rings. The zero-order chi connectivity index (χ0) is 17.6. The molecule has 0 aliphatic heterocycles. The standard InChI is InChI=1S/C14H13F4N3.C2H6/c1-8(21-11-6-19-9(2)20-7-11)12-4-3-10(15)5-13(12)14(16,17)18;1-2/h3-8,21H,1-2H3;1-2H3. The van der Waals surface area contributed by atoms with Crippen molar-refractivity contribution in [3.8, 4) is 0 Å².